The SMILES string of the molecule is CCn1nc(C)c(Cl)c1CNC(CO)CC(C)C. The molecule has 2 N–H and O–H groups in total. The van der Waals surface area contributed by atoms with Gasteiger partial charge in [-0.25, -0.2) is 0 Å². The Morgan fingerprint density at radius 2 is 2.11 bits per heavy atom. The maximum atomic E-state index is 9.34. The molecule has 0 saturated carbocycles. The van der Waals surface area contributed by atoms with Gasteiger partial charge in [0.1, 0.15) is 0 Å². The van der Waals surface area contributed by atoms with E-state index in [1.807, 2.05) is 18.5 Å². The molecular weight excluding hydrogens is 250 g/mol. The third-order valence-electron chi connectivity index (χ3n) is 2.99. The zero-order valence-corrected chi connectivity index (χ0v) is 12.5. The molecule has 5 heteroatoms. The van der Waals surface area contributed by atoms with Crippen LogP contribution in [0.2, 0.25) is 5.02 Å². The van der Waals surface area contributed by atoms with Gasteiger partial charge in [-0.1, -0.05) is 25.4 Å². The summed E-state index contributed by atoms with van der Waals surface area (Å²) in [6.45, 7) is 9.86. The van der Waals surface area contributed by atoms with Crippen molar-refractivity contribution in [1.82, 2.24) is 15.1 Å². The van der Waals surface area contributed by atoms with E-state index in [1.165, 1.54) is 0 Å². The van der Waals surface area contributed by atoms with Crippen LogP contribution in [0.3, 0.4) is 0 Å². The van der Waals surface area contributed by atoms with Gasteiger partial charge in [-0.3, -0.25) is 4.68 Å². The van der Waals surface area contributed by atoms with Crippen LogP contribution in [0.4, 0.5) is 0 Å². The highest BCUT2D eigenvalue weighted by molar-refractivity contribution is 6.31. The van der Waals surface area contributed by atoms with Gasteiger partial charge in [0.05, 0.1) is 23.0 Å². The first-order valence-electron chi connectivity index (χ1n) is 6.55. The third kappa shape index (κ3) is 3.97. The third-order valence-corrected chi connectivity index (χ3v) is 3.48. The highest BCUT2D eigenvalue weighted by Crippen LogP contribution is 2.20. The molecule has 0 aliphatic carbocycles. The topological polar surface area (TPSA) is 50.1 Å². The number of halogens is 1. The summed E-state index contributed by atoms with van der Waals surface area (Å²) in [6.07, 6.45) is 0.952. The van der Waals surface area contributed by atoms with E-state index in [2.05, 4.69) is 24.3 Å². The number of aliphatic hydroxyl groups is 1. The summed E-state index contributed by atoms with van der Waals surface area (Å²) in [5.41, 5.74) is 1.86. The van der Waals surface area contributed by atoms with E-state index in [0.717, 1.165) is 29.4 Å². The van der Waals surface area contributed by atoms with Crippen molar-refractivity contribution < 1.29 is 5.11 Å². The van der Waals surface area contributed by atoms with E-state index in [-0.39, 0.29) is 12.6 Å². The lowest BCUT2D eigenvalue weighted by molar-refractivity contribution is 0.222. The van der Waals surface area contributed by atoms with E-state index in [9.17, 15) is 5.11 Å². The zero-order chi connectivity index (χ0) is 13.7. The lowest BCUT2D eigenvalue weighted by Gasteiger charge is -2.18. The molecule has 0 aromatic carbocycles. The molecule has 0 radical (unpaired) electrons. The van der Waals surface area contributed by atoms with Gasteiger partial charge in [0, 0.05) is 19.1 Å². The van der Waals surface area contributed by atoms with E-state index in [1.54, 1.807) is 0 Å². The van der Waals surface area contributed by atoms with Crippen LogP contribution >= 0.6 is 11.6 Å². The van der Waals surface area contributed by atoms with Gasteiger partial charge in [0.2, 0.25) is 0 Å². The fourth-order valence-corrected chi connectivity index (χ4v) is 2.27. The van der Waals surface area contributed by atoms with Crippen LogP contribution in [0.25, 0.3) is 0 Å². The van der Waals surface area contributed by atoms with E-state index >= 15 is 0 Å². The summed E-state index contributed by atoms with van der Waals surface area (Å²) < 4.78 is 1.91. The first kappa shape index (κ1) is 15.5. The molecule has 1 aromatic rings. The lowest BCUT2D eigenvalue weighted by atomic mass is 10.0. The highest BCUT2D eigenvalue weighted by atomic mass is 35.5. The summed E-state index contributed by atoms with van der Waals surface area (Å²) in [4.78, 5) is 0. The average Bonchev–Trinajstić information content (AvgIpc) is 2.60. The van der Waals surface area contributed by atoms with Gasteiger partial charge in [0.25, 0.3) is 0 Å². The highest BCUT2D eigenvalue weighted by Gasteiger charge is 2.15. The number of aliphatic hydroxyl groups excluding tert-OH is 1. The van der Waals surface area contributed by atoms with Gasteiger partial charge in [0.15, 0.2) is 0 Å². The molecule has 4 nitrogen and oxygen atoms in total. The summed E-state index contributed by atoms with van der Waals surface area (Å²) in [5, 5.41) is 17.8. The quantitative estimate of drug-likeness (QED) is 0.802. The Morgan fingerprint density at radius 1 is 1.44 bits per heavy atom. The molecule has 1 aromatic heterocycles. The van der Waals surface area contributed by atoms with Crippen LogP contribution in [0, 0.1) is 12.8 Å². The molecule has 1 unspecified atom stereocenters. The monoisotopic (exact) mass is 273 g/mol. The minimum Gasteiger partial charge on any atom is -0.395 e. The Hall–Kier alpha value is -0.580. The first-order valence-corrected chi connectivity index (χ1v) is 6.93. The van der Waals surface area contributed by atoms with Crippen molar-refractivity contribution in [3.05, 3.63) is 16.4 Å². The van der Waals surface area contributed by atoms with Gasteiger partial charge >= 0.3 is 0 Å². The fourth-order valence-electron chi connectivity index (χ4n) is 2.07. The van der Waals surface area contributed by atoms with Crippen molar-refractivity contribution in [3.8, 4) is 0 Å². The fraction of sp³-hybridized carbons (Fsp3) is 0.769. The van der Waals surface area contributed by atoms with Gasteiger partial charge in [-0.15, -0.1) is 0 Å². The second-order valence-corrected chi connectivity index (χ2v) is 5.43. The maximum absolute atomic E-state index is 9.34. The van der Waals surface area contributed by atoms with Gasteiger partial charge < -0.3 is 10.4 Å². The normalized spacial score (nSPS) is 13.3. The molecule has 104 valence electrons. The predicted octanol–water partition coefficient (Wildman–Crippen LogP) is 2.36. The molecule has 0 amide bonds. The van der Waals surface area contributed by atoms with Crippen molar-refractivity contribution in [3.63, 3.8) is 0 Å². The Labute approximate surface area is 114 Å². The largest absolute Gasteiger partial charge is 0.395 e. The second-order valence-electron chi connectivity index (χ2n) is 5.05. The first-order chi connectivity index (χ1) is 8.49. The van der Waals surface area contributed by atoms with E-state index in [0.29, 0.717) is 12.5 Å². The standard InChI is InChI=1S/C13H24ClN3O/c1-5-17-12(13(14)10(4)16-17)7-15-11(8-18)6-9(2)3/h9,11,15,18H,5-8H2,1-4H3. The molecule has 0 fully saturated rings. The van der Waals surface area contributed by atoms with Crippen LogP contribution in [0.1, 0.15) is 38.6 Å². The van der Waals surface area contributed by atoms with Crippen LogP contribution in [-0.2, 0) is 13.1 Å². The molecule has 1 heterocycles. The second kappa shape index (κ2) is 7.12. The van der Waals surface area contributed by atoms with Crippen molar-refractivity contribution >= 4 is 11.6 Å². The lowest BCUT2D eigenvalue weighted by Crippen LogP contribution is -2.34. The number of nitrogens with one attached hydrogen (secondary N) is 1. The Bertz CT molecular complexity index is 377. The summed E-state index contributed by atoms with van der Waals surface area (Å²) >= 11 is 6.24. The van der Waals surface area contributed by atoms with Crippen LogP contribution in [0.5, 0.6) is 0 Å². The Morgan fingerprint density at radius 3 is 2.61 bits per heavy atom. The number of rotatable bonds is 7. The molecule has 0 aliphatic heterocycles. The Balaban J connectivity index is 2.67. The van der Waals surface area contributed by atoms with Crippen molar-refractivity contribution in [2.75, 3.05) is 6.61 Å². The van der Waals surface area contributed by atoms with E-state index < -0.39 is 0 Å². The smallest absolute Gasteiger partial charge is 0.0860 e. The number of hydrogen-bond donors (Lipinski definition) is 2. The van der Waals surface area contributed by atoms with Crippen molar-refractivity contribution in [2.24, 2.45) is 5.92 Å². The van der Waals surface area contributed by atoms with Crippen LogP contribution in [0.15, 0.2) is 0 Å². The molecule has 1 atom stereocenters. The number of hydrogen-bond acceptors (Lipinski definition) is 3. The minimum atomic E-state index is 0.113. The minimum absolute atomic E-state index is 0.113. The van der Waals surface area contributed by atoms with Crippen molar-refractivity contribution in [2.45, 2.75) is 53.2 Å². The predicted molar refractivity (Wildman–Crippen MR) is 74.8 cm³/mol. The molecule has 0 bridgehead atoms. The summed E-state index contributed by atoms with van der Waals surface area (Å²) in [7, 11) is 0. The van der Waals surface area contributed by atoms with Crippen molar-refractivity contribution in [1.29, 1.82) is 0 Å². The van der Waals surface area contributed by atoms with Gasteiger partial charge in [-0.2, -0.15) is 5.10 Å². The summed E-state index contributed by atoms with van der Waals surface area (Å²) in [5.74, 6) is 0.558. The van der Waals surface area contributed by atoms with Gasteiger partial charge in [-0.05, 0) is 26.2 Å². The molecule has 0 aliphatic rings. The number of aromatic nitrogens is 2. The van der Waals surface area contributed by atoms with Crippen LogP contribution < -0.4 is 5.32 Å². The Kier molecular flexibility index (Phi) is 6.12. The molecular formula is C13H24ClN3O. The molecule has 1 rings (SSSR count). The zero-order valence-electron chi connectivity index (χ0n) is 11.7. The molecule has 18 heavy (non-hydrogen) atoms. The number of nitrogens with zero attached hydrogens (tertiary/aromatic N) is 2. The summed E-state index contributed by atoms with van der Waals surface area (Å²) in [6, 6.07) is 0.113. The van der Waals surface area contributed by atoms with Crippen LogP contribution in [-0.4, -0.2) is 27.5 Å². The number of aryl methyl sites for hydroxylation is 2. The molecule has 0 spiro atoms. The van der Waals surface area contributed by atoms with E-state index in [4.69, 9.17) is 11.6 Å². The molecule has 0 saturated heterocycles. The average molecular weight is 274 g/mol. The maximum Gasteiger partial charge on any atom is 0.0860 e.